The number of unbranched alkanes of at least 4 members (excludes halogenated alkanes) is 37. The van der Waals surface area contributed by atoms with Crippen LogP contribution in [0.1, 0.15) is 342 Å². The van der Waals surface area contributed by atoms with Gasteiger partial charge in [0, 0.05) is 19.3 Å². The maximum Gasteiger partial charge on any atom is 0.306 e. The lowest BCUT2D eigenvalue weighted by Gasteiger charge is -2.18. The second-order valence-electron chi connectivity index (χ2n) is 22.7. The lowest BCUT2D eigenvalue weighted by Crippen LogP contribution is -2.30. The average molecular weight is 1100 g/mol. The van der Waals surface area contributed by atoms with E-state index in [4.69, 9.17) is 14.2 Å². The van der Waals surface area contributed by atoms with Crippen molar-refractivity contribution in [3.63, 3.8) is 0 Å². The van der Waals surface area contributed by atoms with Crippen molar-refractivity contribution in [2.24, 2.45) is 0 Å². The fourth-order valence-electron chi connectivity index (χ4n) is 9.82. The molecule has 0 saturated heterocycles. The summed E-state index contributed by atoms with van der Waals surface area (Å²) in [4.78, 5) is 38.4. The summed E-state index contributed by atoms with van der Waals surface area (Å²) in [5, 5.41) is 0. The minimum Gasteiger partial charge on any atom is -0.462 e. The monoisotopic (exact) mass is 1100 g/mol. The molecule has 0 aliphatic rings. The molecular weight excluding hydrogens is 973 g/mol. The number of hydrogen-bond donors (Lipinski definition) is 0. The van der Waals surface area contributed by atoms with Gasteiger partial charge in [0.15, 0.2) is 6.10 Å². The molecule has 1 unspecified atom stereocenters. The Labute approximate surface area is 490 Å². The summed E-state index contributed by atoms with van der Waals surface area (Å²) in [5.74, 6) is -0.897. The lowest BCUT2D eigenvalue weighted by molar-refractivity contribution is -0.167. The molecule has 0 amide bonds. The second-order valence-corrected chi connectivity index (χ2v) is 22.7. The van der Waals surface area contributed by atoms with Gasteiger partial charge in [-0.25, -0.2) is 0 Å². The Hall–Kier alpha value is -3.41. The van der Waals surface area contributed by atoms with Gasteiger partial charge in [-0.3, -0.25) is 14.4 Å². The Morgan fingerprint density at radius 1 is 0.266 bits per heavy atom. The van der Waals surface area contributed by atoms with Crippen LogP contribution in [0.5, 0.6) is 0 Å². The van der Waals surface area contributed by atoms with Crippen LogP contribution in [0.15, 0.2) is 85.1 Å². The summed E-state index contributed by atoms with van der Waals surface area (Å²) in [6.07, 6.45) is 89.0. The molecule has 0 rings (SSSR count). The average Bonchev–Trinajstić information content (AvgIpc) is 3.45. The Bertz CT molecular complexity index is 1500. The third kappa shape index (κ3) is 65.3. The van der Waals surface area contributed by atoms with Crippen molar-refractivity contribution in [2.45, 2.75) is 348 Å². The summed E-state index contributed by atoms with van der Waals surface area (Å²) in [7, 11) is 0. The van der Waals surface area contributed by atoms with Crippen LogP contribution in [-0.2, 0) is 28.6 Å². The fraction of sp³-hybridized carbons (Fsp3) is 0.767. The van der Waals surface area contributed by atoms with E-state index in [2.05, 4.69) is 106 Å². The van der Waals surface area contributed by atoms with Crippen molar-refractivity contribution in [3.05, 3.63) is 85.1 Å². The van der Waals surface area contributed by atoms with E-state index < -0.39 is 6.10 Å². The minimum absolute atomic E-state index is 0.0842. The minimum atomic E-state index is -0.790. The third-order valence-corrected chi connectivity index (χ3v) is 14.9. The van der Waals surface area contributed by atoms with Crippen molar-refractivity contribution < 1.29 is 28.6 Å². The highest BCUT2D eigenvalue weighted by Crippen LogP contribution is 2.17. The lowest BCUT2D eigenvalue weighted by atomic mass is 10.0. The molecule has 0 fully saturated rings. The standard InChI is InChI=1S/C73H128O6/c1-4-7-10-13-16-19-22-25-28-30-31-32-33-34-35-36-37-38-39-40-41-43-45-48-51-54-57-60-63-66-72(75)78-69-70(68-77-71(74)65-62-59-56-53-50-47-44-27-24-21-18-15-12-9-6-3)79-73(76)67-64-61-58-55-52-49-46-42-29-26-23-20-17-14-11-8-5-2/h8-9,11-12,17-18,20-21,26-27,29-31,44,70H,4-7,10,13-16,19,22-25,28,32-43,45-69H2,1-3H3/b11-8-,12-9-,20-17-,21-18-,29-26-,31-30-,44-27-. The second kappa shape index (κ2) is 67.1. The molecule has 79 heavy (non-hydrogen) atoms. The molecule has 0 aromatic heterocycles. The van der Waals surface area contributed by atoms with Gasteiger partial charge in [-0.15, -0.1) is 0 Å². The largest absolute Gasteiger partial charge is 0.462 e. The maximum atomic E-state index is 12.9. The Kier molecular flexibility index (Phi) is 64.2. The van der Waals surface area contributed by atoms with E-state index in [0.29, 0.717) is 19.3 Å². The smallest absolute Gasteiger partial charge is 0.306 e. The summed E-state index contributed by atoms with van der Waals surface area (Å²) < 4.78 is 16.9. The third-order valence-electron chi connectivity index (χ3n) is 14.9. The highest BCUT2D eigenvalue weighted by atomic mass is 16.6. The summed E-state index contributed by atoms with van der Waals surface area (Å²) in [6, 6.07) is 0. The molecule has 0 saturated carbocycles. The van der Waals surface area contributed by atoms with Crippen LogP contribution in [0.3, 0.4) is 0 Å². The van der Waals surface area contributed by atoms with Crippen LogP contribution in [-0.4, -0.2) is 37.2 Å². The molecule has 456 valence electrons. The van der Waals surface area contributed by atoms with Crippen molar-refractivity contribution in [3.8, 4) is 0 Å². The Morgan fingerprint density at radius 3 is 0.785 bits per heavy atom. The summed E-state index contributed by atoms with van der Waals surface area (Å²) in [5.41, 5.74) is 0. The first-order chi connectivity index (χ1) is 39.0. The molecule has 0 spiro atoms. The Balaban J connectivity index is 4.24. The summed E-state index contributed by atoms with van der Waals surface area (Å²) >= 11 is 0. The molecule has 0 N–H and O–H groups in total. The van der Waals surface area contributed by atoms with Crippen molar-refractivity contribution >= 4 is 17.9 Å². The van der Waals surface area contributed by atoms with Gasteiger partial charge in [0.1, 0.15) is 13.2 Å². The normalized spacial score (nSPS) is 12.6. The van der Waals surface area contributed by atoms with Crippen molar-refractivity contribution in [1.82, 2.24) is 0 Å². The van der Waals surface area contributed by atoms with Crippen molar-refractivity contribution in [2.75, 3.05) is 13.2 Å². The highest BCUT2D eigenvalue weighted by molar-refractivity contribution is 5.71. The quantitative estimate of drug-likeness (QED) is 0.0261. The van der Waals surface area contributed by atoms with Gasteiger partial charge in [0.05, 0.1) is 0 Å². The first-order valence-electron chi connectivity index (χ1n) is 34.1. The van der Waals surface area contributed by atoms with Gasteiger partial charge in [-0.2, -0.15) is 0 Å². The molecule has 6 heteroatoms. The number of carbonyl (C=O) groups excluding carboxylic acids is 3. The van der Waals surface area contributed by atoms with Gasteiger partial charge in [0.2, 0.25) is 0 Å². The van der Waals surface area contributed by atoms with Crippen LogP contribution in [0.2, 0.25) is 0 Å². The number of allylic oxidation sites excluding steroid dienone is 14. The number of esters is 3. The molecule has 0 radical (unpaired) electrons. The van der Waals surface area contributed by atoms with Gasteiger partial charge in [-0.05, 0) is 109 Å². The van der Waals surface area contributed by atoms with Gasteiger partial charge < -0.3 is 14.2 Å². The molecular formula is C73H128O6. The molecule has 1 atom stereocenters. The topological polar surface area (TPSA) is 78.9 Å². The van der Waals surface area contributed by atoms with Crippen LogP contribution < -0.4 is 0 Å². The predicted molar refractivity (Wildman–Crippen MR) is 344 cm³/mol. The Morgan fingerprint density at radius 2 is 0.494 bits per heavy atom. The van der Waals surface area contributed by atoms with E-state index in [-0.39, 0.29) is 31.1 Å². The number of hydrogen-bond acceptors (Lipinski definition) is 6. The molecule has 0 aliphatic carbocycles. The zero-order chi connectivity index (χ0) is 57.1. The van der Waals surface area contributed by atoms with E-state index in [0.717, 1.165) is 122 Å². The van der Waals surface area contributed by atoms with Gasteiger partial charge >= 0.3 is 17.9 Å². The zero-order valence-electron chi connectivity index (χ0n) is 52.4. The first kappa shape index (κ1) is 75.6. The predicted octanol–water partition coefficient (Wildman–Crippen LogP) is 23.4. The van der Waals surface area contributed by atoms with Crippen LogP contribution in [0.25, 0.3) is 0 Å². The zero-order valence-corrected chi connectivity index (χ0v) is 52.4. The number of ether oxygens (including phenoxy) is 3. The summed E-state index contributed by atoms with van der Waals surface area (Å²) in [6.45, 7) is 6.44. The first-order valence-corrected chi connectivity index (χ1v) is 34.1. The number of carbonyl (C=O) groups is 3. The maximum absolute atomic E-state index is 12.9. The molecule has 0 aromatic carbocycles. The molecule has 0 aromatic rings. The van der Waals surface area contributed by atoms with Crippen LogP contribution in [0.4, 0.5) is 0 Å². The van der Waals surface area contributed by atoms with E-state index in [9.17, 15) is 14.4 Å². The van der Waals surface area contributed by atoms with Gasteiger partial charge in [0.25, 0.3) is 0 Å². The molecule has 0 heterocycles. The van der Waals surface area contributed by atoms with E-state index in [1.54, 1.807) is 0 Å². The van der Waals surface area contributed by atoms with Crippen LogP contribution >= 0.6 is 0 Å². The van der Waals surface area contributed by atoms with E-state index >= 15 is 0 Å². The van der Waals surface area contributed by atoms with Crippen LogP contribution in [0, 0.1) is 0 Å². The molecule has 0 bridgehead atoms. The van der Waals surface area contributed by atoms with Gasteiger partial charge in [-0.1, -0.05) is 298 Å². The highest BCUT2D eigenvalue weighted by Gasteiger charge is 2.19. The molecule has 6 nitrogen and oxygen atoms in total. The SMILES string of the molecule is CC/C=C\C/C=C\C/C=C\CCCCCCCCCC(=O)OC(COC(=O)CCCCCCC/C=C\C/C=C\C/C=C\CC)COC(=O)CCCCCCCCCCCCCCCCCCC/C=C\CCCCCCCCCC. The molecule has 0 aliphatic heterocycles. The van der Waals surface area contributed by atoms with E-state index in [1.165, 1.54) is 180 Å². The van der Waals surface area contributed by atoms with Crippen molar-refractivity contribution in [1.29, 1.82) is 0 Å². The fourth-order valence-corrected chi connectivity index (χ4v) is 9.82. The number of rotatable bonds is 62. The van der Waals surface area contributed by atoms with E-state index in [1.807, 2.05) is 0 Å².